The zero-order chi connectivity index (χ0) is 18.9. The molecule has 0 amide bonds. The highest BCUT2D eigenvalue weighted by Gasteiger charge is 2.32. The second-order valence-corrected chi connectivity index (χ2v) is 8.39. The van der Waals surface area contributed by atoms with Crippen molar-refractivity contribution >= 4 is 10.0 Å². The van der Waals surface area contributed by atoms with E-state index in [0.29, 0.717) is 48.1 Å². The lowest BCUT2D eigenvalue weighted by atomic mass is 9.98. The van der Waals surface area contributed by atoms with E-state index >= 15 is 0 Å². The van der Waals surface area contributed by atoms with Gasteiger partial charge in [-0.25, -0.2) is 12.8 Å². The quantitative estimate of drug-likeness (QED) is 0.685. The molecule has 1 fully saturated rings. The second-order valence-electron chi connectivity index (χ2n) is 6.45. The number of hydrogen-bond acceptors (Lipinski definition) is 5. The molecular weight excluding hydrogens is 369 g/mol. The topological polar surface area (TPSA) is 76.3 Å². The molecule has 0 radical (unpaired) electrons. The predicted octanol–water partition coefficient (Wildman–Crippen LogP) is 3.44. The van der Waals surface area contributed by atoms with Gasteiger partial charge < -0.3 is 4.52 Å². The smallest absolute Gasteiger partial charge is 0.243 e. The highest BCUT2D eigenvalue weighted by atomic mass is 32.2. The summed E-state index contributed by atoms with van der Waals surface area (Å²) in [5.41, 5.74) is 0.676. The van der Waals surface area contributed by atoms with Gasteiger partial charge in [-0.15, -0.1) is 0 Å². The van der Waals surface area contributed by atoms with Crippen LogP contribution in [0.3, 0.4) is 0 Å². The van der Waals surface area contributed by atoms with Gasteiger partial charge in [-0.1, -0.05) is 23.4 Å². The summed E-state index contributed by atoms with van der Waals surface area (Å²) in [4.78, 5) is 4.72. The van der Waals surface area contributed by atoms with Crippen molar-refractivity contribution in [2.24, 2.45) is 0 Å². The second kappa shape index (κ2) is 7.21. The van der Waals surface area contributed by atoms with Crippen molar-refractivity contribution < 1.29 is 17.3 Å². The molecular formula is C19H18FN3O3S. The number of rotatable bonds is 4. The first kappa shape index (κ1) is 17.8. The number of piperidine rings is 1. The Morgan fingerprint density at radius 3 is 2.33 bits per heavy atom. The van der Waals surface area contributed by atoms with E-state index in [1.54, 1.807) is 42.5 Å². The summed E-state index contributed by atoms with van der Waals surface area (Å²) < 4.78 is 45.3. The molecule has 6 nitrogen and oxygen atoms in total. The summed E-state index contributed by atoms with van der Waals surface area (Å²) in [5.74, 6) is 0.582. The van der Waals surface area contributed by atoms with Gasteiger partial charge in [0.1, 0.15) is 5.82 Å². The maximum atomic E-state index is 13.0. The molecule has 4 rings (SSSR count). The van der Waals surface area contributed by atoms with E-state index < -0.39 is 10.0 Å². The molecule has 0 N–H and O–H groups in total. The molecule has 0 atom stereocenters. The molecule has 1 aromatic heterocycles. The van der Waals surface area contributed by atoms with Crippen molar-refractivity contribution in [2.75, 3.05) is 13.1 Å². The van der Waals surface area contributed by atoms with Crippen molar-refractivity contribution in [3.8, 4) is 11.4 Å². The van der Waals surface area contributed by atoms with Crippen LogP contribution in [0.15, 0.2) is 64.0 Å². The highest BCUT2D eigenvalue weighted by molar-refractivity contribution is 7.89. The maximum absolute atomic E-state index is 13.0. The lowest BCUT2D eigenvalue weighted by Gasteiger charge is -2.29. The number of nitrogens with zero attached hydrogens (tertiary/aromatic N) is 3. The van der Waals surface area contributed by atoms with Gasteiger partial charge in [0.2, 0.25) is 21.7 Å². The third-order valence-corrected chi connectivity index (χ3v) is 6.64. The Morgan fingerprint density at radius 2 is 1.67 bits per heavy atom. The first-order chi connectivity index (χ1) is 13.0. The van der Waals surface area contributed by atoms with E-state index in [1.165, 1.54) is 16.4 Å². The van der Waals surface area contributed by atoms with Crippen LogP contribution in [0.4, 0.5) is 4.39 Å². The summed E-state index contributed by atoms with van der Waals surface area (Å²) in [6, 6.07) is 14.3. The van der Waals surface area contributed by atoms with Crippen LogP contribution in [0.5, 0.6) is 0 Å². The summed E-state index contributed by atoms with van der Waals surface area (Å²) in [6.45, 7) is 0.798. The monoisotopic (exact) mass is 387 g/mol. The Balaban J connectivity index is 1.45. The average Bonchev–Trinajstić information content (AvgIpc) is 3.19. The van der Waals surface area contributed by atoms with Gasteiger partial charge in [0.25, 0.3) is 0 Å². The SMILES string of the molecule is O=S(=O)(c1ccccc1)N1CCC(c2nc(-c3ccc(F)cc3)no2)CC1. The van der Waals surface area contributed by atoms with E-state index in [1.807, 2.05) is 0 Å². The van der Waals surface area contributed by atoms with E-state index in [2.05, 4.69) is 10.1 Å². The minimum Gasteiger partial charge on any atom is -0.339 e. The summed E-state index contributed by atoms with van der Waals surface area (Å²) >= 11 is 0. The van der Waals surface area contributed by atoms with Crippen molar-refractivity contribution in [2.45, 2.75) is 23.7 Å². The molecule has 1 aliphatic heterocycles. The minimum absolute atomic E-state index is 0.00826. The van der Waals surface area contributed by atoms with E-state index in [9.17, 15) is 12.8 Å². The largest absolute Gasteiger partial charge is 0.339 e. The lowest BCUT2D eigenvalue weighted by molar-refractivity contribution is 0.271. The Bertz CT molecular complexity index is 1010. The van der Waals surface area contributed by atoms with Crippen LogP contribution in [0.2, 0.25) is 0 Å². The number of sulfonamides is 1. The van der Waals surface area contributed by atoms with Crippen LogP contribution >= 0.6 is 0 Å². The van der Waals surface area contributed by atoms with Crippen molar-refractivity contribution in [3.05, 3.63) is 66.3 Å². The molecule has 8 heteroatoms. The van der Waals surface area contributed by atoms with Gasteiger partial charge in [-0.05, 0) is 49.2 Å². The molecule has 2 aromatic carbocycles. The predicted molar refractivity (Wildman–Crippen MR) is 96.9 cm³/mol. The van der Waals surface area contributed by atoms with Gasteiger partial charge >= 0.3 is 0 Å². The Morgan fingerprint density at radius 1 is 1.00 bits per heavy atom. The van der Waals surface area contributed by atoms with E-state index in [-0.39, 0.29) is 11.7 Å². The van der Waals surface area contributed by atoms with Crippen LogP contribution in [0.1, 0.15) is 24.7 Å². The first-order valence-corrected chi connectivity index (χ1v) is 10.1. The Labute approximate surface area is 156 Å². The molecule has 0 bridgehead atoms. The molecule has 2 heterocycles. The number of hydrogen-bond donors (Lipinski definition) is 0. The lowest BCUT2D eigenvalue weighted by Crippen LogP contribution is -2.37. The maximum Gasteiger partial charge on any atom is 0.243 e. The fourth-order valence-corrected chi connectivity index (χ4v) is 4.69. The van der Waals surface area contributed by atoms with Crippen LogP contribution < -0.4 is 0 Å². The standard InChI is InChI=1S/C19H18FN3O3S/c20-16-8-6-14(7-9-16)18-21-19(26-22-18)15-10-12-23(13-11-15)27(24,25)17-4-2-1-3-5-17/h1-9,15H,10-13H2. The van der Waals surface area contributed by atoms with Gasteiger partial charge in [0.05, 0.1) is 4.90 Å². The van der Waals surface area contributed by atoms with Gasteiger partial charge in [-0.2, -0.15) is 9.29 Å². The van der Waals surface area contributed by atoms with Gasteiger partial charge in [0, 0.05) is 24.6 Å². The van der Waals surface area contributed by atoms with Crippen molar-refractivity contribution in [1.29, 1.82) is 0 Å². The van der Waals surface area contributed by atoms with Gasteiger partial charge in [-0.3, -0.25) is 0 Å². The van der Waals surface area contributed by atoms with Crippen LogP contribution in [-0.2, 0) is 10.0 Å². The van der Waals surface area contributed by atoms with Crippen molar-refractivity contribution in [3.63, 3.8) is 0 Å². The summed E-state index contributed by atoms with van der Waals surface area (Å²) in [5, 5.41) is 3.97. The molecule has 0 aliphatic carbocycles. The molecule has 0 saturated carbocycles. The van der Waals surface area contributed by atoms with E-state index in [0.717, 1.165) is 0 Å². The molecule has 1 aliphatic rings. The zero-order valence-electron chi connectivity index (χ0n) is 14.5. The number of aromatic nitrogens is 2. The average molecular weight is 387 g/mol. The number of benzene rings is 2. The molecule has 140 valence electrons. The van der Waals surface area contributed by atoms with E-state index in [4.69, 9.17) is 4.52 Å². The summed E-state index contributed by atoms with van der Waals surface area (Å²) in [6.07, 6.45) is 1.22. The zero-order valence-corrected chi connectivity index (χ0v) is 15.3. The van der Waals surface area contributed by atoms with Crippen LogP contribution in [0.25, 0.3) is 11.4 Å². The van der Waals surface area contributed by atoms with Crippen LogP contribution in [-0.4, -0.2) is 36.0 Å². The fourth-order valence-electron chi connectivity index (χ4n) is 3.20. The molecule has 27 heavy (non-hydrogen) atoms. The normalized spacial score (nSPS) is 16.5. The first-order valence-electron chi connectivity index (χ1n) is 8.69. The van der Waals surface area contributed by atoms with Crippen molar-refractivity contribution in [1.82, 2.24) is 14.4 Å². The minimum atomic E-state index is -3.48. The highest BCUT2D eigenvalue weighted by Crippen LogP contribution is 2.31. The molecule has 0 spiro atoms. The fraction of sp³-hybridized carbons (Fsp3) is 0.263. The Kier molecular flexibility index (Phi) is 4.75. The molecule has 1 saturated heterocycles. The Hall–Kier alpha value is -2.58. The third kappa shape index (κ3) is 3.63. The molecule has 3 aromatic rings. The summed E-state index contributed by atoms with van der Waals surface area (Å²) in [7, 11) is -3.48. The van der Waals surface area contributed by atoms with Gasteiger partial charge in [0.15, 0.2) is 0 Å². The van der Waals surface area contributed by atoms with Crippen LogP contribution in [0, 0.1) is 5.82 Å². The number of halogens is 1. The third-order valence-electron chi connectivity index (χ3n) is 4.73. The molecule has 0 unspecified atom stereocenters.